The number of amides is 1. The molecular formula is C19H26N4O2. The minimum atomic E-state index is -0.842. The molecular weight excluding hydrogens is 316 g/mol. The van der Waals surface area contributed by atoms with Crippen LogP contribution in [0.25, 0.3) is 0 Å². The average Bonchev–Trinajstić information content (AvgIpc) is 3.04. The fourth-order valence-electron chi connectivity index (χ4n) is 3.08. The Balaban J connectivity index is 1.58. The van der Waals surface area contributed by atoms with E-state index in [1.165, 1.54) is 10.5 Å². The van der Waals surface area contributed by atoms with Gasteiger partial charge in [-0.1, -0.05) is 30.3 Å². The van der Waals surface area contributed by atoms with E-state index in [0.717, 1.165) is 38.3 Å². The van der Waals surface area contributed by atoms with Crippen LogP contribution in [0.4, 0.5) is 0 Å². The molecule has 0 radical (unpaired) electrons. The molecule has 0 aliphatic carbocycles. The number of carbonyl (C=O) groups is 1. The molecule has 134 valence electrons. The van der Waals surface area contributed by atoms with Gasteiger partial charge in [-0.2, -0.15) is 5.10 Å². The maximum atomic E-state index is 11.8. The largest absolute Gasteiger partial charge is 0.386 e. The van der Waals surface area contributed by atoms with Crippen molar-refractivity contribution in [3.8, 4) is 0 Å². The summed E-state index contributed by atoms with van der Waals surface area (Å²) in [7, 11) is 3.38. The topological polar surface area (TPSA) is 61.6 Å². The lowest BCUT2D eigenvalue weighted by Crippen LogP contribution is -2.35. The van der Waals surface area contributed by atoms with Crippen molar-refractivity contribution in [1.82, 2.24) is 19.6 Å². The first-order valence-electron chi connectivity index (χ1n) is 8.74. The number of aromatic nitrogens is 2. The number of nitrogens with zero attached hydrogens (tertiary/aromatic N) is 4. The van der Waals surface area contributed by atoms with Crippen LogP contribution in [0.3, 0.4) is 0 Å². The Labute approximate surface area is 148 Å². The van der Waals surface area contributed by atoms with Gasteiger partial charge in [-0.05, 0) is 18.1 Å². The second-order valence-electron chi connectivity index (χ2n) is 6.80. The van der Waals surface area contributed by atoms with Gasteiger partial charge in [0.15, 0.2) is 0 Å². The molecule has 3 rings (SSSR count). The number of aliphatic hydroxyl groups excluding tert-OH is 1. The predicted molar refractivity (Wildman–Crippen MR) is 95.9 cm³/mol. The molecule has 25 heavy (non-hydrogen) atoms. The summed E-state index contributed by atoms with van der Waals surface area (Å²) in [5.74, 6) is -0.0945. The van der Waals surface area contributed by atoms with E-state index in [2.05, 4.69) is 34.3 Å². The molecule has 0 bridgehead atoms. The summed E-state index contributed by atoms with van der Waals surface area (Å²) in [6.07, 6.45) is 0.258. The van der Waals surface area contributed by atoms with Gasteiger partial charge >= 0.3 is 0 Å². The van der Waals surface area contributed by atoms with Gasteiger partial charge < -0.3 is 10.0 Å². The Morgan fingerprint density at radius 2 is 2.04 bits per heavy atom. The quantitative estimate of drug-likeness (QED) is 0.863. The van der Waals surface area contributed by atoms with Crippen molar-refractivity contribution in [3.05, 3.63) is 53.3 Å². The van der Waals surface area contributed by atoms with Crippen LogP contribution >= 0.6 is 0 Å². The van der Waals surface area contributed by atoms with Crippen LogP contribution in [-0.2, 0) is 24.3 Å². The maximum Gasteiger partial charge on any atom is 0.225 e. The van der Waals surface area contributed by atoms with Gasteiger partial charge in [0.25, 0.3) is 0 Å². The van der Waals surface area contributed by atoms with Gasteiger partial charge in [-0.3, -0.25) is 14.4 Å². The molecule has 0 spiro atoms. The standard InChI is InChI=1S/C19H26N4O2/c1-21(2)19(25)13-18(24)17-12-16-14-22(10-11-23(16)20-17)9-8-15-6-4-3-5-7-15/h3-7,12,18,24H,8-11,13-14H2,1-2H3. The Bertz CT molecular complexity index is 711. The molecule has 1 aromatic carbocycles. The molecule has 1 aliphatic rings. The van der Waals surface area contributed by atoms with Gasteiger partial charge in [0.05, 0.1) is 24.4 Å². The minimum absolute atomic E-state index is 0.0706. The predicted octanol–water partition coefficient (Wildman–Crippen LogP) is 1.45. The highest BCUT2D eigenvalue weighted by Gasteiger charge is 2.22. The lowest BCUT2D eigenvalue weighted by Gasteiger charge is -2.27. The highest BCUT2D eigenvalue weighted by Crippen LogP contribution is 2.21. The summed E-state index contributed by atoms with van der Waals surface area (Å²) in [6.45, 7) is 3.60. The van der Waals surface area contributed by atoms with E-state index in [1.54, 1.807) is 14.1 Å². The summed E-state index contributed by atoms with van der Waals surface area (Å²) in [5.41, 5.74) is 3.04. The smallest absolute Gasteiger partial charge is 0.225 e. The van der Waals surface area contributed by atoms with Gasteiger partial charge in [0.1, 0.15) is 6.10 Å². The van der Waals surface area contributed by atoms with Gasteiger partial charge in [0, 0.05) is 33.7 Å². The van der Waals surface area contributed by atoms with Crippen LogP contribution in [0.2, 0.25) is 0 Å². The van der Waals surface area contributed by atoms with E-state index in [9.17, 15) is 9.90 Å². The molecule has 0 saturated carbocycles. The Hall–Kier alpha value is -2.18. The monoisotopic (exact) mass is 342 g/mol. The van der Waals surface area contributed by atoms with Gasteiger partial charge in [0.2, 0.25) is 5.91 Å². The molecule has 1 N–H and O–H groups in total. The summed E-state index contributed by atoms with van der Waals surface area (Å²) >= 11 is 0. The zero-order valence-corrected chi connectivity index (χ0v) is 14.9. The van der Waals surface area contributed by atoms with Gasteiger partial charge in [-0.25, -0.2) is 0 Å². The fourth-order valence-corrected chi connectivity index (χ4v) is 3.08. The lowest BCUT2D eigenvalue weighted by molar-refractivity contribution is -0.130. The van der Waals surface area contributed by atoms with Crippen molar-refractivity contribution in [3.63, 3.8) is 0 Å². The fraction of sp³-hybridized carbons (Fsp3) is 0.474. The summed E-state index contributed by atoms with van der Waals surface area (Å²) in [5, 5.41) is 14.8. The van der Waals surface area contributed by atoms with Crippen molar-refractivity contribution in [1.29, 1.82) is 0 Å². The van der Waals surface area contributed by atoms with Crippen molar-refractivity contribution >= 4 is 5.91 Å². The summed E-state index contributed by atoms with van der Waals surface area (Å²) in [4.78, 5) is 15.7. The molecule has 0 fully saturated rings. The van der Waals surface area contributed by atoms with E-state index >= 15 is 0 Å². The Morgan fingerprint density at radius 1 is 1.28 bits per heavy atom. The second-order valence-corrected chi connectivity index (χ2v) is 6.80. The second kappa shape index (κ2) is 7.80. The molecule has 1 amide bonds. The van der Waals surface area contributed by atoms with Crippen molar-refractivity contribution in [2.45, 2.75) is 32.0 Å². The Kier molecular flexibility index (Phi) is 5.50. The first-order valence-corrected chi connectivity index (χ1v) is 8.74. The molecule has 2 heterocycles. The van der Waals surface area contributed by atoms with Crippen molar-refractivity contribution in [2.75, 3.05) is 27.2 Å². The van der Waals surface area contributed by atoms with Crippen molar-refractivity contribution in [2.24, 2.45) is 0 Å². The van der Waals surface area contributed by atoms with Crippen LogP contribution in [0.15, 0.2) is 36.4 Å². The first kappa shape index (κ1) is 17.6. The van der Waals surface area contributed by atoms with E-state index in [0.29, 0.717) is 5.69 Å². The number of rotatable bonds is 6. The molecule has 0 saturated heterocycles. The van der Waals surface area contributed by atoms with Gasteiger partial charge in [-0.15, -0.1) is 0 Å². The highest BCUT2D eigenvalue weighted by atomic mass is 16.3. The highest BCUT2D eigenvalue weighted by molar-refractivity contribution is 5.76. The van der Waals surface area contributed by atoms with E-state index < -0.39 is 6.10 Å². The molecule has 2 aromatic rings. The summed E-state index contributed by atoms with van der Waals surface area (Å²) in [6, 6.07) is 12.4. The van der Waals surface area contributed by atoms with Crippen LogP contribution in [0.5, 0.6) is 0 Å². The van der Waals surface area contributed by atoms with Crippen LogP contribution in [-0.4, -0.2) is 57.8 Å². The number of aliphatic hydroxyl groups is 1. The molecule has 1 aliphatic heterocycles. The van der Waals surface area contributed by atoms with E-state index in [1.807, 2.05) is 16.8 Å². The molecule has 1 unspecified atom stereocenters. The number of benzene rings is 1. The number of fused-ring (bicyclic) bond motifs is 1. The zero-order chi connectivity index (χ0) is 17.8. The maximum absolute atomic E-state index is 11.8. The van der Waals surface area contributed by atoms with Crippen LogP contribution < -0.4 is 0 Å². The molecule has 6 heteroatoms. The third-order valence-corrected chi connectivity index (χ3v) is 4.66. The third-order valence-electron chi connectivity index (χ3n) is 4.66. The number of hydrogen-bond donors (Lipinski definition) is 1. The third kappa shape index (κ3) is 4.46. The van der Waals surface area contributed by atoms with E-state index in [-0.39, 0.29) is 12.3 Å². The van der Waals surface area contributed by atoms with E-state index in [4.69, 9.17) is 0 Å². The molecule has 1 aromatic heterocycles. The van der Waals surface area contributed by atoms with Crippen LogP contribution in [0, 0.1) is 0 Å². The van der Waals surface area contributed by atoms with Crippen LogP contribution in [0.1, 0.15) is 29.5 Å². The minimum Gasteiger partial charge on any atom is -0.386 e. The normalized spacial score (nSPS) is 15.6. The average molecular weight is 342 g/mol. The Morgan fingerprint density at radius 3 is 2.76 bits per heavy atom. The molecule has 6 nitrogen and oxygen atoms in total. The lowest BCUT2D eigenvalue weighted by atomic mass is 10.1. The SMILES string of the molecule is CN(C)C(=O)CC(O)c1cc2n(n1)CCN(CCc1ccccc1)C2. The summed E-state index contributed by atoms with van der Waals surface area (Å²) < 4.78 is 1.96. The number of hydrogen-bond acceptors (Lipinski definition) is 4. The molecule has 1 atom stereocenters. The first-order chi connectivity index (χ1) is 12.0. The van der Waals surface area contributed by atoms with Crippen molar-refractivity contribution < 1.29 is 9.90 Å². The number of carbonyl (C=O) groups excluding carboxylic acids is 1. The zero-order valence-electron chi connectivity index (χ0n) is 14.9.